The molecule has 3 aromatic carbocycles. The van der Waals surface area contributed by atoms with Crippen molar-refractivity contribution < 1.29 is 17.9 Å². The lowest BCUT2D eigenvalue weighted by atomic mass is 9.97. The molecule has 8 heteroatoms. The average molecular weight is 494 g/mol. The Bertz CT molecular complexity index is 1190. The van der Waals surface area contributed by atoms with Gasteiger partial charge in [0.1, 0.15) is 6.61 Å². The summed E-state index contributed by atoms with van der Waals surface area (Å²) >= 11 is 11.7. The molecule has 3 aromatic rings. The normalized spacial score (nSPS) is 12.0. The third-order valence-corrected chi connectivity index (χ3v) is 5.72. The Morgan fingerprint density at radius 3 is 2.36 bits per heavy atom. The topological polar surface area (TPSA) is 38.7 Å². The van der Waals surface area contributed by atoms with Crippen LogP contribution in [0.2, 0.25) is 10.0 Å². The zero-order chi connectivity index (χ0) is 24.2. The van der Waals surface area contributed by atoms with Gasteiger partial charge in [-0.15, -0.1) is 4.91 Å². The van der Waals surface area contributed by atoms with Crippen LogP contribution in [0.15, 0.2) is 71.4 Å². The van der Waals surface area contributed by atoms with Crippen molar-refractivity contribution in [2.45, 2.75) is 33.1 Å². The van der Waals surface area contributed by atoms with Crippen LogP contribution in [-0.4, -0.2) is 0 Å². The highest BCUT2D eigenvalue weighted by Gasteiger charge is 2.33. The molecule has 0 N–H and O–H groups in total. The van der Waals surface area contributed by atoms with Crippen LogP contribution in [0, 0.1) is 4.91 Å². The molecule has 33 heavy (non-hydrogen) atoms. The average Bonchev–Trinajstić information content (AvgIpc) is 2.78. The number of nitrogens with zero attached hydrogens (tertiary/aromatic N) is 1. The molecule has 0 fully saturated rings. The predicted molar refractivity (Wildman–Crippen MR) is 126 cm³/mol. The molecule has 0 aliphatic carbocycles. The van der Waals surface area contributed by atoms with Gasteiger partial charge in [0.05, 0.1) is 10.6 Å². The third kappa shape index (κ3) is 5.95. The Balaban J connectivity index is 2.06. The van der Waals surface area contributed by atoms with Gasteiger partial charge < -0.3 is 4.74 Å². The molecule has 0 saturated heterocycles. The Hall–Kier alpha value is -2.83. The molecule has 0 radical (unpaired) electrons. The number of benzene rings is 3. The molecular formula is C25H20Cl2F3NO2. The van der Waals surface area contributed by atoms with Gasteiger partial charge in [0, 0.05) is 10.6 Å². The van der Waals surface area contributed by atoms with Crippen LogP contribution in [0.1, 0.15) is 30.5 Å². The number of allylic oxidation sites excluding steroid dienone is 2. The van der Waals surface area contributed by atoms with Gasteiger partial charge in [0.15, 0.2) is 11.4 Å². The summed E-state index contributed by atoms with van der Waals surface area (Å²) in [7, 11) is 0. The lowest BCUT2D eigenvalue weighted by Crippen LogP contribution is -2.07. The SMILES string of the molecule is C/C=C(\C)Cc1ccc(-c2ccc(Cl)cc2)c(OCc2ccc(Cl)c(C(F)(F)F)c2)c1N=O. The van der Waals surface area contributed by atoms with E-state index < -0.39 is 16.8 Å². The Morgan fingerprint density at radius 1 is 1.06 bits per heavy atom. The Kier molecular flexibility index (Phi) is 7.82. The molecule has 0 atom stereocenters. The molecule has 172 valence electrons. The van der Waals surface area contributed by atoms with Crippen molar-refractivity contribution in [3.8, 4) is 16.9 Å². The van der Waals surface area contributed by atoms with Gasteiger partial charge in [-0.2, -0.15) is 13.2 Å². The quantitative estimate of drug-likeness (QED) is 0.243. The van der Waals surface area contributed by atoms with Crippen LogP contribution in [-0.2, 0) is 19.2 Å². The van der Waals surface area contributed by atoms with Crippen LogP contribution in [0.25, 0.3) is 11.1 Å². The van der Waals surface area contributed by atoms with Crippen LogP contribution >= 0.6 is 23.2 Å². The van der Waals surface area contributed by atoms with Gasteiger partial charge in [0.25, 0.3) is 0 Å². The molecular weight excluding hydrogens is 474 g/mol. The van der Waals surface area contributed by atoms with E-state index in [1.54, 1.807) is 36.4 Å². The summed E-state index contributed by atoms with van der Waals surface area (Å²) in [4.78, 5) is 11.9. The summed E-state index contributed by atoms with van der Waals surface area (Å²) in [5, 5.41) is 3.36. The van der Waals surface area contributed by atoms with Gasteiger partial charge in [0.2, 0.25) is 0 Å². The van der Waals surface area contributed by atoms with Crippen molar-refractivity contribution in [2.75, 3.05) is 0 Å². The number of alkyl halides is 3. The first-order valence-corrected chi connectivity index (χ1v) is 10.7. The Labute approximate surface area is 199 Å². The lowest BCUT2D eigenvalue weighted by molar-refractivity contribution is -0.137. The molecule has 0 unspecified atom stereocenters. The zero-order valence-corrected chi connectivity index (χ0v) is 19.4. The smallest absolute Gasteiger partial charge is 0.417 e. The van der Waals surface area contributed by atoms with Gasteiger partial charge in [-0.3, -0.25) is 0 Å². The van der Waals surface area contributed by atoms with Gasteiger partial charge in [-0.25, -0.2) is 0 Å². The molecule has 3 nitrogen and oxygen atoms in total. The second kappa shape index (κ2) is 10.4. The van der Waals surface area contributed by atoms with Gasteiger partial charge >= 0.3 is 6.18 Å². The van der Waals surface area contributed by atoms with Crippen LogP contribution < -0.4 is 4.74 Å². The first-order valence-electron chi connectivity index (χ1n) is 9.99. The van der Waals surface area contributed by atoms with Crippen molar-refractivity contribution in [2.24, 2.45) is 5.18 Å². The highest BCUT2D eigenvalue weighted by molar-refractivity contribution is 6.31. The van der Waals surface area contributed by atoms with E-state index in [1.807, 2.05) is 19.9 Å². The molecule has 0 heterocycles. The van der Waals surface area contributed by atoms with E-state index in [2.05, 4.69) is 5.18 Å². The summed E-state index contributed by atoms with van der Waals surface area (Å²) in [6.07, 6.45) is -2.19. The lowest BCUT2D eigenvalue weighted by Gasteiger charge is -2.17. The van der Waals surface area contributed by atoms with E-state index in [9.17, 15) is 18.1 Å². The molecule has 0 aliphatic rings. The number of halogens is 5. The van der Waals surface area contributed by atoms with Crippen molar-refractivity contribution in [3.05, 3.63) is 97.9 Å². The van der Waals surface area contributed by atoms with Crippen molar-refractivity contribution in [3.63, 3.8) is 0 Å². The van der Waals surface area contributed by atoms with E-state index in [0.29, 0.717) is 22.6 Å². The first kappa shape index (κ1) is 24.8. The summed E-state index contributed by atoms with van der Waals surface area (Å²) in [6, 6.07) is 14.1. The molecule has 0 bridgehead atoms. The fourth-order valence-corrected chi connectivity index (χ4v) is 3.65. The highest BCUT2D eigenvalue weighted by atomic mass is 35.5. The van der Waals surface area contributed by atoms with Crippen LogP contribution in [0.3, 0.4) is 0 Å². The molecule has 0 aromatic heterocycles. The highest BCUT2D eigenvalue weighted by Crippen LogP contribution is 2.43. The van der Waals surface area contributed by atoms with Crippen molar-refractivity contribution in [1.82, 2.24) is 0 Å². The first-order chi connectivity index (χ1) is 15.6. The predicted octanol–water partition coefficient (Wildman–Crippen LogP) is 9.16. The zero-order valence-electron chi connectivity index (χ0n) is 17.8. The largest absolute Gasteiger partial charge is 0.486 e. The van der Waals surface area contributed by atoms with E-state index in [0.717, 1.165) is 17.2 Å². The van der Waals surface area contributed by atoms with Crippen LogP contribution in [0.5, 0.6) is 5.75 Å². The van der Waals surface area contributed by atoms with E-state index in [-0.39, 0.29) is 23.6 Å². The minimum atomic E-state index is -4.60. The maximum atomic E-state index is 13.2. The summed E-state index contributed by atoms with van der Waals surface area (Å²) < 4.78 is 45.7. The standard InChI is InChI=1S/C25H20Cl2F3NO2/c1-3-15(2)12-18-7-10-20(17-5-8-19(26)9-6-17)24(23(18)31-32)33-14-16-4-11-22(27)21(13-16)25(28,29)30/h3-11,13H,12,14H2,1-2H3/b15-3+. The van der Waals surface area contributed by atoms with Crippen molar-refractivity contribution >= 4 is 28.9 Å². The van der Waals surface area contributed by atoms with E-state index in [4.69, 9.17) is 27.9 Å². The van der Waals surface area contributed by atoms with Gasteiger partial charge in [-0.1, -0.05) is 65.2 Å². The summed E-state index contributed by atoms with van der Waals surface area (Å²) in [6.45, 7) is 3.60. The minimum Gasteiger partial charge on any atom is -0.486 e. The Morgan fingerprint density at radius 2 is 1.76 bits per heavy atom. The number of rotatable bonds is 7. The summed E-state index contributed by atoms with van der Waals surface area (Å²) in [5.41, 5.74) is 2.38. The number of hydrogen-bond donors (Lipinski definition) is 0. The maximum Gasteiger partial charge on any atom is 0.417 e. The number of ether oxygens (including phenoxy) is 1. The molecule has 0 amide bonds. The monoisotopic (exact) mass is 493 g/mol. The third-order valence-electron chi connectivity index (χ3n) is 5.14. The van der Waals surface area contributed by atoms with Gasteiger partial charge in [-0.05, 0) is 66.4 Å². The molecule has 0 aliphatic heterocycles. The fourth-order valence-electron chi connectivity index (χ4n) is 3.29. The summed E-state index contributed by atoms with van der Waals surface area (Å²) in [5.74, 6) is 0.192. The van der Waals surface area contributed by atoms with E-state index >= 15 is 0 Å². The number of nitroso groups, excluding NO2 is 1. The fraction of sp³-hybridized carbons (Fsp3) is 0.200. The number of hydrogen-bond acceptors (Lipinski definition) is 3. The van der Waals surface area contributed by atoms with Crippen LogP contribution in [0.4, 0.5) is 18.9 Å². The minimum absolute atomic E-state index is 0.105. The molecule has 0 spiro atoms. The van der Waals surface area contributed by atoms with E-state index in [1.165, 1.54) is 12.1 Å². The maximum absolute atomic E-state index is 13.2. The molecule has 3 rings (SSSR count). The second-order valence-corrected chi connectivity index (χ2v) is 8.30. The second-order valence-electron chi connectivity index (χ2n) is 7.46. The van der Waals surface area contributed by atoms with Crippen molar-refractivity contribution in [1.29, 1.82) is 0 Å². The molecule has 0 saturated carbocycles.